The number of nitrogens with zero attached hydrogens (tertiary/aromatic N) is 3. The zero-order valence-electron chi connectivity index (χ0n) is 14.6. The number of amides is 3. The molecule has 0 spiro atoms. The summed E-state index contributed by atoms with van der Waals surface area (Å²) in [6.07, 6.45) is 0.797. The minimum Gasteiger partial charge on any atom is -0.379 e. The zero-order valence-corrected chi connectivity index (χ0v) is 14.6. The molecular formula is C16H28N4O4. The Morgan fingerprint density at radius 1 is 1.08 bits per heavy atom. The highest BCUT2D eigenvalue weighted by Crippen LogP contribution is 2.20. The van der Waals surface area contributed by atoms with Crippen LogP contribution in [-0.2, 0) is 19.1 Å². The lowest BCUT2D eigenvalue weighted by atomic mass is 9.90. The number of hydrogen-bond donors (Lipinski definition) is 1. The van der Waals surface area contributed by atoms with E-state index in [1.54, 1.807) is 23.6 Å². The van der Waals surface area contributed by atoms with Crippen LogP contribution in [0.1, 0.15) is 13.8 Å². The first-order chi connectivity index (χ1) is 11.4. The molecule has 0 aromatic carbocycles. The molecule has 1 N–H and O–H groups in total. The van der Waals surface area contributed by atoms with Gasteiger partial charge in [0.15, 0.2) is 0 Å². The second kappa shape index (κ2) is 8.43. The molecule has 2 fully saturated rings. The van der Waals surface area contributed by atoms with E-state index in [9.17, 15) is 14.4 Å². The molecule has 0 bridgehead atoms. The van der Waals surface area contributed by atoms with Crippen LogP contribution in [-0.4, -0.2) is 98.5 Å². The van der Waals surface area contributed by atoms with Crippen LogP contribution in [0.2, 0.25) is 0 Å². The van der Waals surface area contributed by atoms with Crippen molar-refractivity contribution in [2.75, 3.05) is 65.6 Å². The highest BCUT2D eigenvalue weighted by molar-refractivity contribution is 6.04. The molecule has 2 aliphatic rings. The standard InChI is InChI=1S/C16H28N4O4/c1-16(2,15(23)20-7-5-19(13-21)6-8-20)14(22)17-3-4-18-9-11-24-12-10-18/h13H,3-12H2,1-2H3,(H,17,22). The molecule has 2 rings (SSSR count). The van der Waals surface area contributed by atoms with Gasteiger partial charge in [-0.1, -0.05) is 0 Å². The van der Waals surface area contributed by atoms with Crippen molar-refractivity contribution in [2.24, 2.45) is 5.41 Å². The summed E-state index contributed by atoms with van der Waals surface area (Å²) in [6.45, 7) is 9.79. The quantitative estimate of drug-likeness (QED) is 0.483. The van der Waals surface area contributed by atoms with Gasteiger partial charge < -0.3 is 19.9 Å². The van der Waals surface area contributed by atoms with Crippen molar-refractivity contribution in [3.8, 4) is 0 Å². The maximum absolute atomic E-state index is 12.7. The van der Waals surface area contributed by atoms with E-state index in [1.807, 2.05) is 0 Å². The van der Waals surface area contributed by atoms with E-state index in [-0.39, 0.29) is 11.8 Å². The largest absolute Gasteiger partial charge is 0.379 e. The lowest BCUT2D eigenvalue weighted by molar-refractivity contribution is -0.150. The van der Waals surface area contributed by atoms with Crippen molar-refractivity contribution < 1.29 is 19.1 Å². The van der Waals surface area contributed by atoms with E-state index in [0.717, 1.165) is 39.3 Å². The lowest BCUT2D eigenvalue weighted by Crippen LogP contribution is -2.55. The number of nitrogens with one attached hydrogen (secondary N) is 1. The van der Waals surface area contributed by atoms with Crippen LogP contribution in [0.5, 0.6) is 0 Å². The molecule has 0 radical (unpaired) electrons. The second-order valence-corrected chi connectivity index (χ2v) is 6.77. The molecule has 8 heteroatoms. The molecule has 24 heavy (non-hydrogen) atoms. The first-order valence-corrected chi connectivity index (χ1v) is 8.52. The van der Waals surface area contributed by atoms with Gasteiger partial charge >= 0.3 is 0 Å². The maximum atomic E-state index is 12.7. The van der Waals surface area contributed by atoms with E-state index >= 15 is 0 Å². The summed E-state index contributed by atoms with van der Waals surface area (Å²) < 4.78 is 5.29. The van der Waals surface area contributed by atoms with Crippen molar-refractivity contribution >= 4 is 18.2 Å². The van der Waals surface area contributed by atoms with Crippen LogP contribution in [0.4, 0.5) is 0 Å². The summed E-state index contributed by atoms with van der Waals surface area (Å²) in [5.41, 5.74) is -1.10. The van der Waals surface area contributed by atoms with E-state index in [1.165, 1.54) is 0 Å². The highest BCUT2D eigenvalue weighted by atomic mass is 16.5. The Kier molecular flexibility index (Phi) is 6.56. The molecule has 0 aliphatic carbocycles. The van der Waals surface area contributed by atoms with Gasteiger partial charge in [0.25, 0.3) is 0 Å². The predicted molar refractivity (Wildman–Crippen MR) is 88.3 cm³/mol. The number of hydrogen-bond acceptors (Lipinski definition) is 5. The Labute approximate surface area is 143 Å². The average Bonchev–Trinajstić information content (AvgIpc) is 2.62. The zero-order chi connectivity index (χ0) is 17.6. The average molecular weight is 340 g/mol. The summed E-state index contributed by atoms with van der Waals surface area (Å²) in [6, 6.07) is 0. The Balaban J connectivity index is 1.78. The summed E-state index contributed by atoms with van der Waals surface area (Å²) >= 11 is 0. The molecular weight excluding hydrogens is 312 g/mol. The molecule has 2 heterocycles. The summed E-state index contributed by atoms with van der Waals surface area (Å²) in [4.78, 5) is 41.4. The van der Waals surface area contributed by atoms with Gasteiger partial charge in [-0.2, -0.15) is 0 Å². The minimum atomic E-state index is -1.10. The van der Waals surface area contributed by atoms with Gasteiger partial charge in [-0.15, -0.1) is 0 Å². The first-order valence-electron chi connectivity index (χ1n) is 8.52. The molecule has 0 aromatic heterocycles. The van der Waals surface area contributed by atoms with E-state index in [2.05, 4.69) is 10.2 Å². The fourth-order valence-electron chi connectivity index (χ4n) is 2.90. The van der Waals surface area contributed by atoms with Crippen molar-refractivity contribution in [3.63, 3.8) is 0 Å². The summed E-state index contributed by atoms with van der Waals surface area (Å²) in [5.74, 6) is -0.435. The van der Waals surface area contributed by atoms with Gasteiger partial charge in [0.05, 0.1) is 13.2 Å². The maximum Gasteiger partial charge on any atom is 0.237 e. The number of carbonyl (C=O) groups excluding carboxylic acids is 3. The molecule has 0 aromatic rings. The number of rotatable bonds is 6. The normalized spacial score (nSPS) is 19.9. The topological polar surface area (TPSA) is 82.2 Å². The highest BCUT2D eigenvalue weighted by Gasteiger charge is 2.39. The molecule has 2 saturated heterocycles. The lowest BCUT2D eigenvalue weighted by Gasteiger charge is -2.36. The first kappa shape index (κ1) is 18.7. The van der Waals surface area contributed by atoms with Crippen LogP contribution >= 0.6 is 0 Å². The molecule has 8 nitrogen and oxygen atoms in total. The van der Waals surface area contributed by atoms with Crippen molar-refractivity contribution in [3.05, 3.63) is 0 Å². The van der Waals surface area contributed by atoms with Crippen LogP contribution in [0.15, 0.2) is 0 Å². The van der Waals surface area contributed by atoms with E-state index in [4.69, 9.17) is 4.74 Å². The van der Waals surface area contributed by atoms with Crippen LogP contribution in [0, 0.1) is 5.41 Å². The Morgan fingerprint density at radius 3 is 2.29 bits per heavy atom. The third-order valence-corrected chi connectivity index (χ3v) is 4.67. The second-order valence-electron chi connectivity index (χ2n) is 6.77. The van der Waals surface area contributed by atoms with Crippen LogP contribution in [0.25, 0.3) is 0 Å². The van der Waals surface area contributed by atoms with Gasteiger partial charge in [-0.3, -0.25) is 19.3 Å². The van der Waals surface area contributed by atoms with Gasteiger partial charge in [0.1, 0.15) is 5.41 Å². The fourth-order valence-corrected chi connectivity index (χ4v) is 2.90. The molecule has 0 atom stereocenters. The van der Waals surface area contributed by atoms with E-state index in [0.29, 0.717) is 32.7 Å². The fraction of sp³-hybridized carbons (Fsp3) is 0.812. The molecule has 3 amide bonds. The molecule has 2 aliphatic heterocycles. The summed E-state index contributed by atoms with van der Waals surface area (Å²) in [7, 11) is 0. The van der Waals surface area contributed by atoms with Crippen molar-refractivity contribution in [2.45, 2.75) is 13.8 Å². The van der Waals surface area contributed by atoms with Crippen LogP contribution in [0.3, 0.4) is 0 Å². The molecule has 0 unspecified atom stereocenters. The Bertz CT molecular complexity index is 455. The Morgan fingerprint density at radius 2 is 1.71 bits per heavy atom. The third kappa shape index (κ3) is 4.67. The molecule has 0 saturated carbocycles. The van der Waals surface area contributed by atoms with Crippen molar-refractivity contribution in [1.29, 1.82) is 0 Å². The predicted octanol–water partition coefficient (Wildman–Crippen LogP) is -1.24. The monoisotopic (exact) mass is 340 g/mol. The summed E-state index contributed by atoms with van der Waals surface area (Å²) in [5, 5.41) is 2.87. The van der Waals surface area contributed by atoms with Gasteiger partial charge in [-0.25, -0.2) is 0 Å². The van der Waals surface area contributed by atoms with Gasteiger partial charge in [0.2, 0.25) is 18.2 Å². The third-order valence-electron chi connectivity index (χ3n) is 4.67. The van der Waals surface area contributed by atoms with Crippen molar-refractivity contribution in [1.82, 2.24) is 20.0 Å². The number of ether oxygens (including phenoxy) is 1. The van der Waals surface area contributed by atoms with Crippen LogP contribution < -0.4 is 5.32 Å². The van der Waals surface area contributed by atoms with E-state index < -0.39 is 5.41 Å². The smallest absolute Gasteiger partial charge is 0.237 e. The van der Waals surface area contributed by atoms with Gasteiger partial charge in [0, 0.05) is 52.4 Å². The number of piperazine rings is 1. The molecule has 136 valence electrons. The Hall–Kier alpha value is -1.67. The minimum absolute atomic E-state index is 0.183. The number of morpholine rings is 1. The van der Waals surface area contributed by atoms with Gasteiger partial charge in [-0.05, 0) is 13.8 Å². The number of carbonyl (C=O) groups is 3. The SMILES string of the molecule is CC(C)(C(=O)NCCN1CCOCC1)C(=O)N1CCN(C=O)CC1.